The molecule has 2 heterocycles. The molecule has 0 aliphatic carbocycles. The lowest BCUT2D eigenvalue weighted by atomic mass is 10.2. The van der Waals surface area contributed by atoms with E-state index in [1.165, 1.54) is 28.7 Å². The normalized spacial score (nSPS) is 10.7. The summed E-state index contributed by atoms with van der Waals surface area (Å²) < 4.78 is 14.4. The fourth-order valence-electron chi connectivity index (χ4n) is 1.95. The Morgan fingerprint density at radius 2 is 2.08 bits per heavy atom. The second-order valence-electron chi connectivity index (χ2n) is 4.83. The van der Waals surface area contributed by atoms with Crippen LogP contribution in [-0.4, -0.2) is 21.7 Å². The maximum absolute atomic E-state index is 13.6. The Morgan fingerprint density at radius 3 is 2.88 bits per heavy atom. The smallest absolute Gasteiger partial charge is 0.210 e. The SMILES string of the molecule is O=C(CCCSc1nnc(Nc2ccccc2F)s1)c1cccs1. The number of benzene rings is 1. The number of hydrogen-bond acceptors (Lipinski definition) is 7. The average Bonchev–Trinajstić information content (AvgIpc) is 3.25. The first-order valence-corrected chi connectivity index (χ1v) is 9.95. The summed E-state index contributed by atoms with van der Waals surface area (Å²) in [7, 11) is 0. The van der Waals surface area contributed by atoms with Crippen LogP contribution in [-0.2, 0) is 0 Å². The lowest BCUT2D eigenvalue weighted by molar-refractivity contribution is 0.0986. The average molecular weight is 380 g/mol. The number of carbonyl (C=O) groups excluding carboxylic acids is 1. The summed E-state index contributed by atoms with van der Waals surface area (Å²) in [6, 6.07) is 10.2. The molecule has 24 heavy (non-hydrogen) atoms. The van der Waals surface area contributed by atoms with E-state index in [0.717, 1.165) is 21.4 Å². The molecule has 0 saturated heterocycles. The Kier molecular flexibility index (Phi) is 5.95. The van der Waals surface area contributed by atoms with E-state index >= 15 is 0 Å². The molecule has 0 fully saturated rings. The van der Waals surface area contributed by atoms with Gasteiger partial charge in [0.15, 0.2) is 10.1 Å². The molecule has 0 atom stereocenters. The molecule has 0 radical (unpaired) electrons. The van der Waals surface area contributed by atoms with Gasteiger partial charge in [-0.15, -0.1) is 21.5 Å². The van der Waals surface area contributed by atoms with Crippen LogP contribution >= 0.6 is 34.4 Å². The summed E-state index contributed by atoms with van der Waals surface area (Å²) in [5.41, 5.74) is 0.381. The van der Waals surface area contributed by atoms with E-state index in [-0.39, 0.29) is 11.6 Å². The van der Waals surface area contributed by atoms with Crippen molar-refractivity contribution in [1.29, 1.82) is 0 Å². The number of ketones is 1. The van der Waals surface area contributed by atoms with Crippen LogP contribution in [0.3, 0.4) is 0 Å². The first kappa shape index (κ1) is 17.1. The molecule has 0 unspecified atom stereocenters. The van der Waals surface area contributed by atoms with Crippen molar-refractivity contribution in [3.63, 3.8) is 0 Å². The van der Waals surface area contributed by atoms with Crippen molar-refractivity contribution in [2.24, 2.45) is 0 Å². The first-order chi connectivity index (χ1) is 11.7. The van der Waals surface area contributed by atoms with Gasteiger partial charge in [0.2, 0.25) is 5.13 Å². The molecule has 0 bridgehead atoms. The number of nitrogens with one attached hydrogen (secondary N) is 1. The van der Waals surface area contributed by atoms with E-state index in [4.69, 9.17) is 0 Å². The third-order valence-corrected chi connectivity index (χ3v) is 6.06. The zero-order valence-corrected chi connectivity index (χ0v) is 15.0. The van der Waals surface area contributed by atoms with Gasteiger partial charge in [0.05, 0.1) is 10.6 Å². The van der Waals surface area contributed by atoms with E-state index in [1.807, 2.05) is 17.5 Å². The minimum atomic E-state index is -0.325. The van der Waals surface area contributed by atoms with Crippen LogP contribution in [0, 0.1) is 5.82 Å². The van der Waals surface area contributed by atoms with Crippen molar-refractivity contribution in [2.45, 2.75) is 17.2 Å². The molecule has 0 amide bonds. The second kappa shape index (κ2) is 8.36. The van der Waals surface area contributed by atoms with E-state index in [2.05, 4.69) is 15.5 Å². The van der Waals surface area contributed by atoms with Gasteiger partial charge in [-0.3, -0.25) is 4.79 Å². The Bertz CT molecular complexity index is 805. The van der Waals surface area contributed by atoms with E-state index in [1.54, 1.807) is 30.0 Å². The predicted octanol–water partition coefficient (Wildman–Crippen LogP) is 5.24. The fourth-order valence-corrected chi connectivity index (χ4v) is 4.42. The van der Waals surface area contributed by atoms with Crippen LogP contribution in [0.25, 0.3) is 0 Å². The Morgan fingerprint density at radius 1 is 1.21 bits per heavy atom. The molecule has 1 aromatic carbocycles. The van der Waals surface area contributed by atoms with Crippen molar-refractivity contribution in [3.05, 3.63) is 52.5 Å². The number of thioether (sulfide) groups is 1. The molecule has 3 aromatic rings. The largest absolute Gasteiger partial charge is 0.328 e. The maximum atomic E-state index is 13.6. The van der Waals surface area contributed by atoms with E-state index < -0.39 is 0 Å². The van der Waals surface area contributed by atoms with Gasteiger partial charge in [0.1, 0.15) is 5.82 Å². The Hall–Kier alpha value is -1.77. The third-order valence-electron chi connectivity index (χ3n) is 3.09. The summed E-state index contributed by atoms with van der Waals surface area (Å²) in [6.07, 6.45) is 1.32. The van der Waals surface area contributed by atoms with Crippen LogP contribution in [0.5, 0.6) is 0 Å². The molecule has 0 saturated carbocycles. The number of carbonyl (C=O) groups is 1. The Balaban J connectivity index is 1.45. The van der Waals surface area contributed by atoms with Gasteiger partial charge in [0.25, 0.3) is 0 Å². The van der Waals surface area contributed by atoms with Gasteiger partial charge >= 0.3 is 0 Å². The van der Waals surface area contributed by atoms with Crippen molar-refractivity contribution < 1.29 is 9.18 Å². The molecule has 4 nitrogen and oxygen atoms in total. The van der Waals surface area contributed by atoms with Gasteiger partial charge in [-0.1, -0.05) is 41.3 Å². The number of aromatic nitrogens is 2. The number of thiophene rings is 1. The number of halogens is 1. The summed E-state index contributed by atoms with van der Waals surface area (Å²) in [4.78, 5) is 12.7. The molecule has 8 heteroatoms. The van der Waals surface area contributed by atoms with Crippen molar-refractivity contribution in [3.8, 4) is 0 Å². The van der Waals surface area contributed by atoms with Crippen molar-refractivity contribution in [1.82, 2.24) is 10.2 Å². The van der Waals surface area contributed by atoms with Gasteiger partial charge in [-0.05, 0) is 30.0 Å². The molecule has 0 aliphatic heterocycles. The lowest BCUT2D eigenvalue weighted by Crippen LogP contribution is -1.96. The Labute approximate surface area is 151 Å². The molecular formula is C16H14FN3OS3. The molecule has 1 N–H and O–H groups in total. The molecule has 124 valence electrons. The highest BCUT2D eigenvalue weighted by Crippen LogP contribution is 2.29. The standard InChI is InChI=1S/C16H14FN3OS3/c17-11-5-1-2-6-12(11)18-15-19-20-16(24-15)23-10-3-7-13(21)14-8-4-9-22-14/h1-2,4-6,8-9H,3,7,10H2,(H,18,19). The number of para-hydroxylation sites is 1. The molecule has 0 aliphatic rings. The zero-order chi connectivity index (χ0) is 16.8. The molecular weight excluding hydrogens is 365 g/mol. The predicted molar refractivity (Wildman–Crippen MR) is 98.2 cm³/mol. The highest BCUT2D eigenvalue weighted by molar-refractivity contribution is 8.01. The van der Waals surface area contributed by atoms with Crippen LogP contribution in [0.1, 0.15) is 22.5 Å². The van der Waals surface area contributed by atoms with Crippen LogP contribution in [0.2, 0.25) is 0 Å². The molecule has 2 aromatic heterocycles. The number of Topliss-reactive ketones (excluding diaryl/α,β-unsaturated/α-hetero) is 1. The minimum absolute atomic E-state index is 0.185. The zero-order valence-electron chi connectivity index (χ0n) is 12.6. The van der Waals surface area contributed by atoms with Gasteiger partial charge < -0.3 is 5.32 Å². The summed E-state index contributed by atoms with van der Waals surface area (Å²) in [5, 5.41) is 13.5. The van der Waals surface area contributed by atoms with Crippen LogP contribution < -0.4 is 5.32 Å². The topological polar surface area (TPSA) is 54.9 Å². The molecule has 3 rings (SSSR count). The lowest BCUT2D eigenvalue weighted by Gasteiger charge is -2.01. The highest BCUT2D eigenvalue weighted by atomic mass is 32.2. The summed E-state index contributed by atoms with van der Waals surface area (Å²) in [6.45, 7) is 0. The van der Waals surface area contributed by atoms with Gasteiger partial charge in [-0.2, -0.15) is 0 Å². The van der Waals surface area contributed by atoms with Gasteiger partial charge in [0, 0.05) is 12.2 Å². The summed E-state index contributed by atoms with van der Waals surface area (Å²) >= 11 is 4.41. The van der Waals surface area contributed by atoms with Crippen LogP contribution in [0.15, 0.2) is 46.1 Å². The van der Waals surface area contributed by atoms with Crippen LogP contribution in [0.4, 0.5) is 15.2 Å². The maximum Gasteiger partial charge on any atom is 0.210 e. The monoisotopic (exact) mass is 379 g/mol. The summed E-state index contributed by atoms with van der Waals surface area (Å²) in [5.74, 6) is 0.657. The second-order valence-corrected chi connectivity index (χ2v) is 8.10. The van der Waals surface area contributed by atoms with Crippen molar-refractivity contribution >= 4 is 51.0 Å². The van der Waals surface area contributed by atoms with Crippen molar-refractivity contribution in [2.75, 3.05) is 11.1 Å². The van der Waals surface area contributed by atoms with E-state index in [9.17, 15) is 9.18 Å². The number of rotatable bonds is 8. The number of anilines is 2. The van der Waals surface area contributed by atoms with Gasteiger partial charge in [-0.25, -0.2) is 4.39 Å². The minimum Gasteiger partial charge on any atom is -0.328 e. The number of nitrogens with zero attached hydrogens (tertiary/aromatic N) is 2. The fraction of sp³-hybridized carbons (Fsp3) is 0.188. The molecule has 0 spiro atoms. The van der Waals surface area contributed by atoms with E-state index in [0.29, 0.717) is 17.2 Å². The number of hydrogen-bond donors (Lipinski definition) is 1. The highest BCUT2D eigenvalue weighted by Gasteiger charge is 2.09. The quantitative estimate of drug-likeness (QED) is 0.330. The third kappa shape index (κ3) is 4.62. The first-order valence-electron chi connectivity index (χ1n) is 7.27.